The van der Waals surface area contributed by atoms with Gasteiger partial charge in [0.25, 0.3) is 0 Å². The Labute approximate surface area is 75.0 Å². The van der Waals surface area contributed by atoms with E-state index in [-0.39, 0.29) is 0 Å². The molecule has 1 aromatic carbocycles. The Morgan fingerprint density at radius 2 is 2.08 bits per heavy atom. The summed E-state index contributed by atoms with van der Waals surface area (Å²) in [5, 5.41) is 1.55. The van der Waals surface area contributed by atoms with Crippen molar-refractivity contribution in [3.8, 4) is 0 Å². The molecular formula is C9H7ClN2. The molecule has 1 aromatic heterocycles. The number of hydrogen-bond donors (Lipinski definition) is 1. The first-order chi connectivity index (χ1) is 5.79. The van der Waals surface area contributed by atoms with E-state index in [4.69, 9.17) is 17.3 Å². The van der Waals surface area contributed by atoms with E-state index in [0.717, 1.165) is 10.9 Å². The average Bonchev–Trinajstić information content (AvgIpc) is 2.12. The van der Waals surface area contributed by atoms with Crippen LogP contribution in [0.1, 0.15) is 0 Å². The number of rotatable bonds is 0. The van der Waals surface area contributed by atoms with Crippen LogP contribution in [0.2, 0.25) is 5.02 Å². The number of nitrogens with zero attached hydrogens (tertiary/aromatic N) is 1. The number of pyridine rings is 1. The largest absolute Gasteiger partial charge is 0.398 e. The Morgan fingerprint density at radius 1 is 1.25 bits per heavy atom. The summed E-state index contributed by atoms with van der Waals surface area (Å²) in [7, 11) is 0. The van der Waals surface area contributed by atoms with Crippen LogP contribution in [0.15, 0.2) is 30.5 Å². The maximum absolute atomic E-state index is 5.91. The molecule has 0 saturated carbocycles. The lowest BCUT2D eigenvalue weighted by molar-refractivity contribution is 1.41. The topological polar surface area (TPSA) is 38.9 Å². The molecule has 1 heterocycles. The molecule has 2 rings (SSSR count). The average molecular weight is 179 g/mol. The summed E-state index contributed by atoms with van der Waals surface area (Å²) < 4.78 is 0. The second kappa shape index (κ2) is 2.64. The SMILES string of the molecule is Nc1ccc(Cl)c2ncccc12. The van der Waals surface area contributed by atoms with E-state index in [0.29, 0.717) is 10.7 Å². The van der Waals surface area contributed by atoms with E-state index in [1.54, 1.807) is 18.3 Å². The maximum atomic E-state index is 5.91. The summed E-state index contributed by atoms with van der Waals surface area (Å²) in [5.41, 5.74) is 7.20. The van der Waals surface area contributed by atoms with Crippen LogP contribution in [-0.4, -0.2) is 4.98 Å². The highest BCUT2D eigenvalue weighted by Crippen LogP contribution is 2.25. The second-order valence-electron chi connectivity index (χ2n) is 2.54. The van der Waals surface area contributed by atoms with Gasteiger partial charge in [-0.05, 0) is 24.3 Å². The van der Waals surface area contributed by atoms with Crippen LogP contribution in [-0.2, 0) is 0 Å². The predicted molar refractivity (Wildman–Crippen MR) is 51.2 cm³/mol. The van der Waals surface area contributed by atoms with Crippen molar-refractivity contribution in [2.24, 2.45) is 0 Å². The van der Waals surface area contributed by atoms with Gasteiger partial charge in [-0.1, -0.05) is 11.6 Å². The van der Waals surface area contributed by atoms with Gasteiger partial charge in [0.2, 0.25) is 0 Å². The maximum Gasteiger partial charge on any atom is 0.0908 e. The zero-order valence-corrected chi connectivity index (χ0v) is 7.05. The van der Waals surface area contributed by atoms with Gasteiger partial charge in [0.15, 0.2) is 0 Å². The van der Waals surface area contributed by atoms with E-state index in [9.17, 15) is 0 Å². The van der Waals surface area contributed by atoms with Gasteiger partial charge in [0, 0.05) is 17.3 Å². The first kappa shape index (κ1) is 7.37. The Balaban J connectivity index is 2.95. The van der Waals surface area contributed by atoms with E-state index in [1.165, 1.54) is 0 Å². The summed E-state index contributed by atoms with van der Waals surface area (Å²) in [5.74, 6) is 0. The molecule has 0 atom stereocenters. The van der Waals surface area contributed by atoms with Gasteiger partial charge in [-0.25, -0.2) is 0 Å². The van der Waals surface area contributed by atoms with Gasteiger partial charge in [0.05, 0.1) is 10.5 Å². The monoisotopic (exact) mass is 178 g/mol. The molecule has 2 N–H and O–H groups in total. The lowest BCUT2D eigenvalue weighted by Gasteiger charge is -2.01. The summed E-state index contributed by atoms with van der Waals surface area (Å²) in [6.45, 7) is 0. The summed E-state index contributed by atoms with van der Waals surface area (Å²) in [6, 6.07) is 7.29. The van der Waals surface area contributed by atoms with Crippen LogP contribution in [0.5, 0.6) is 0 Å². The van der Waals surface area contributed by atoms with Crippen LogP contribution in [0.25, 0.3) is 10.9 Å². The van der Waals surface area contributed by atoms with Crippen LogP contribution in [0.4, 0.5) is 5.69 Å². The number of hydrogen-bond acceptors (Lipinski definition) is 2. The van der Waals surface area contributed by atoms with Crippen molar-refractivity contribution in [1.82, 2.24) is 4.98 Å². The van der Waals surface area contributed by atoms with Crippen molar-refractivity contribution >= 4 is 28.2 Å². The minimum Gasteiger partial charge on any atom is -0.398 e. The first-order valence-corrected chi connectivity index (χ1v) is 3.95. The Hall–Kier alpha value is -1.28. The van der Waals surface area contributed by atoms with Crippen LogP contribution in [0.3, 0.4) is 0 Å². The third-order valence-corrected chi connectivity index (χ3v) is 2.06. The summed E-state index contributed by atoms with van der Waals surface area (Å²) in [4.78, 5) is 4.13. The molecule has 0 bridgehead atoms. The van der Waals surface area contributed by atoms with Gasteiger partial charge in [-0.15, -0.1) is 0 Å². The molecule has 0 amide bonds. The minimum atomic E-state index is 0.639. The van der Waals surface area contributed by atoms with Crippen LogP contribution in [0, 0.1) is 0 Å². The zero-order valence-electron chi connectivity index (χ0n) is 6.29. The summed E-state index contributed by atoms with van der Waals surface area (Å²) in [6.07, 6.45) is 1.70. The minimum absolute atomic E-state index is 0.639. The quantitative estimate of drug-likeness (QED) is 0.630. The fourth-order valence-corrected chi connectivity index (χ4v) is 1.37. The number of nitrogen functional groups attached to an aromatic ring is 1. The van der Waals surface area contributed by atoms with Crippen molar-refractivity contribution in [1.29, 1.82) is 0 Å². The molecular weight excluding hydrogens is 172 g/mol. The third kappa shape index (κ3) is 1.01. The van der Waals surface area contributed by atoms with Gasteiger partial charge >= 0.3 is 0 Å². The lowest BCUT2D eigenvalue weighted by Crippen LogP contribution is -1.88. The fraction of sp³-hybridized carbons (Fsp3) is 0. The molecule has 0 spiro atoms. The number of fused-ring (bicyclic) bond motifs is 1. The second-order valence-corrected chi connectivity index (χ2v) is 2.94. The van der Waals surface area contributed by atoms with E-state index in [1.807, 2.05) is 12.1 Å². The highest BCUT2D eigenvalue weighted by Gasteiger charge is 2.01. The lowest BCUT2D eigenvalue weighted by atomic mass is 10.2. The van der Waals surface area contributed by atoms with Gasteiger partial charge in [-0.3, -0.25) is 4.98 Å². The van der Waals surface area contributed by atoms with Crippen molar-refractivity contribution in [2.45, 2.75) is 0 Å². The molecule has 0 unspecified atom stereocenters. The Morgan fingerprint density at radius 3 is 2.83 bits per heavy atom. The molecule has 0 aliphatic heterocycles. The molecule has 0 saturated heterocycles. The smallest absolute Gasteiger partial charge is 0.0908 e. The van der Waals surface area contributed by atoms with Crippen molar-refractivity contribution in [2.75, 3.05) is 5.73 Å². The number of aromatic nitrogens is 1. The fourth-order valence-electron chi connectivity index (χ4n) is 1.16. The normalized spacial score (nSPS) is 10.4. The van der Waals surface area contributed by atoms with E-state index < -0.39 is 0 Å². The molecule has 60 valence electrons. The van der Waals surface area contributed by atoms with E-state index >= 15 is 0 Å². The third-order valence-electron chi connectivity index (χ3n) is 1.75. The Kier molecular flexibility index (Phi) is 1.62. The zero-order chi connectivity index (χ0) is 8.55. The molecule has 3 heteroatoms. The number of nitrogens with two attached hydrogens (primary N) is 1. The van der Waals surface area contributed by atoms with Gasteiger partial charge in [-0.2, -0.15) is 0 Å². The number of halogens is 1. The van der Waals surface area contributed by atoms with Crippen LogP contribution < -0.4 is 5.73 Å². The highest BCUT2D eigenvalue weighted by atomic mass is 35.5. The van der Waals surface area contributed by atoms with Gasteiger partial charge < -0.3 is 5.73 Å². The molecule has 12 heavy (non-hydrogen) atoms. The van der Waals surface area contributed by atoms with E-state index in [2.05, 4.69) is 4.98 Å². The van der Waals surface area contributed by atoms with Crippen molar-refractivity contribution in [3.63, 3.8) is 0 Å². The predicted octanol–water partition coefficient (Wildman–Crippen LogP) is 2.47. The molecule has 0 radical (unpaired) electrons. The Bertz CT molecular complexity index is 385. The first-order valence-electron chi connectivity index (χ1n) is 3.58. The highest BCUT2D eigenvalue weighted by molar-refractivity contribution is 6.35. The molecule has 0 aliphatic carbocycles. The van der Waals surface area contributed by atoms with Gasteiger partial charge in [0.1, 0.15) is 0 Å². The molecule has 0 fully saturated rings. The molecule has 2 nitrogen and oxygen atoms in total. The number of anilines is 1. The van der Waals surface area contributed by atoms with Crippen molar-refractivity contribution in [3.05, 3.63) is 35.5 Å². The van der Waals surface area contributed by atoms with Crippen molar-refractivity contribution < 1.29 is 0 Å². The summed E-state index contributed by atoms with van der Waals surface area (Å²) >= 11 is 5.91. The molecule has 2 aromatic rings. The standard InChI is InChI=1S/C9H7ClN2/c10-7-3-4-8(11)6-2-1-5-12-9(6)7/h1-5H,11H2. The molecule has 0 aliphatic rings. The number of benzene rings is 1. The van der Waals surface area contributed by atoms with Crippen LogP contribution >= 0.6 is 11.6 Å².